The molecular weight excluding hydrogens is 270 g/mol. The second-order valence-corrected chi connectivity index (χ2v) is 5.48. The molecule has 0 saturated heterocycles. The van der Waals surface area contributed by atoms with Crippen molar-refractivity contribution in [1.29, 1.82) is 0 Å². The Morgan fingerprint density at radius 2 is 1.95 bits per heavy atom. The lowest BCUT2D eigenvalue weighted by Crippen LogP contribution is -2.45. The van der Waals surface area contributed by atoms with Crippen LogP contribution in [-0.4, -0.2) is 53.4 Å². The summed E-state index contributed by atoms with van der Waals surface area (Å²) in [6.07, 6.45) is 2.63. The van der Waals surface area contributed by atoms with Crippen molar-refractivity contribution in [2.75, 3.05) is 26.8 Å². The topological polar surface area (TPSA) is 70.0 Å². The maximum atomic E-state index is 10.4. The quantitative estimate of drug-likeness (QED) is 0.716. The molecule has 0 spiro atoms. The SMILES string of the molecule is CN(CCOc1ccc(/C=C/C(=O)O)cc1)C(C)(C)CO. The molecule has 1 rings (SSSR count). The Hall–Kier alpha value is -1.85. The van der Waals surface area contributed by atoms with Gasteiger partial charge in [-0.3, -0.25) is 4.90 Å². The van der Waals surface area contributed by atoms with Gasteiger partial charge in [-0.15, -0.1) is 0 Å². The average molecular weight is 293 g/mol. The highest BCUT2D eigenvalue weighted by Gasteiger charge is 2.21. The molecule has 0 aromatic heterocycles. The van der Waals surface area contributed by atoms with Gasteiger partial charge in [0.1, 0.15) is 12.4 Å². The first kappa shape index (κ1) is 17.2. The first-order valence-corrected chi connectivity index (χ1v) is 6.81. The molecule has 1 aromatic rings. The van der Waals surface area contributed by atoms with Crippen LogP contribution in [0.3, 0.4) is 0 Å². The molecule has 0 fully saturated rings. The molecule has 116 valence electrons. The summed E-state index contributed by atoms with van der Waals surface area (Å²) in [4.78, 5) is 12.5. The fraction of sp³-hybridized carbons (Fsp3) is 0.438. The Morgan fingerprint density at radius 1 is 1.33 bits per heavy atom. The normalized spacial score (nSPS) is 12.0. The van der Waals surface area contributed by atoms with Crippen molar-refractivity contribution in [3.05, 3.63) is 35.9 Å². The van der Waals surface area contributed by atoms with E-state index in [4.69, 9.17) is 9.84 Å². The van der Waals surface area contributed by atoms with Crippen LogP contribution in [0.1, 0.15) is 19.4 Å². The van der Waals surface area contributed by atoms with E-state index in [1.807, 2.05) is 25.8 Å². The summed E-state index contributed by atoms with van der Waals surface area (Å²) in [6, 6.07) is 7.21. The zero-order valence-electron chi connectivity index (χ0n) is 12.7. The third-order valence-electron chi connectivity index (χ3n) is 3.41. The lowest BCUT2D eigenvalue weighted by atomic mass is 10.1. The first-order chi connectivity index (χ1) is 9.85. The van der Waals surface area contributed by atoms with Crippen LogP contribution < -0.4 is 4.74 Å². The number of carboxylic acid groups (broad SMARTS) is 1. The Balaban J connectivity index is 2.45. The van der Waals surface area contributed by atoms with E-state index in [1.54, 1.807) is 24.3 Å². The molecule has 21 heavy (non-hydrogen) atoms. The molecule has 0 aliphatic heterocycles. The Bertz CT molecular complexity index is 480. The minimum atomic E-state index is -0.968. The molecule has 2 N–H and O–H groups in total. The van der Waals surface area contributed by atoms with Crippen molar-refractivity contribution >= 4 is 12.0 Å². The van der Waals surface area contributed by atoms with Crippen LogP contribution in [0.2, 0.25) is 0 Å². The zero-order chi connectivity index (χ0) is 15.9. The lowest BCUT2D eigenvalue weighted by Gasteiger charge is -2.33. The summed E-state index contributed by atoms with van der Waals surface area (Å²) in [5.74, 6) is -0.234. The Kier molecular flexibility index (Phi) is 6.39. The van der Waals surface area contributed by atoms with E-state index in [9.17, 15) is 9.90 Å². The van der Waals surface area contributed by atoms with Gasteiger partial charge in [-0.2, -0.15) is 0 Å². The van der Waals surface area contributed by atoms with Crippen molar-refractivity contribution in [2.45, 2.75) is 19.4 Å². The number of carbonyl (C=O) groups is 1. The van der Waals surface area contributed by atoms with Crippen molar-refractivity contribution < 1.29 is 19.7 Å². The van der Waals surface area contributed by atoms with E-state index in [0.717, 1.165) is 17.4 Å². The van der Waals surface area contributed by atoms with Gasteiger partial charge >= 0.3 is 5.97 Å². The van der Waals surface area contributed by atoms with E-state index < -0.39 is 5.97 Å². The van der Waals surface area contributed by atoms with Gasteiger partial charge in [0.25, 0.3) is 0 Å². The molecule has 0 radical (unpaired) electrons. The molecule has 5 nitrogen and oxygen atoms in total. The van der Waals surface area contributed by atoms with Crippen LogP contribution in [0.5, 0.6) is 5.75 Å². The van der Waals surface area contributed by atoms with Crippen molar-refractivity contribution in [3.8, 4) is 5.75 Å². The van der Waals surface area contributed by atoms with Gasteiger partial charge in [0, 0.05) is 18.2 Å². The molecule has 1 aromatic carbocycles. The van der Waals surface area contributed by atoms with Gasteiger partial charge in [-0.05, 0) is 44.7 Å². The number of nitrogens with zero attached hydrogens (tertiary/aromatic N) is 1. The monoisotopic (exact) mass is 293 g/mol. The Morgan fingerprint density at radius 3 is 2.48 bits per heavy atom. The minimum absolute atomic E-state index is 0.0914. The van der Waals surface area contributed by atoms with E-state index in [2.05, 4.69) is 0 Å². The fourth-order valence-electron chi connectivity index (χ4n) is 1.57. The van der Waals surface area contributed by atoms with Crippen LogP contribution >= 0.6 is 0 Å². The highest BCUT2D eigenvalue weighted by atomic mass is 16.5. The van der Waals surface area contributed by atoms with E-state index in [-0.39, 0.29) is 12.1 Å². The predicted molar refractivity (Wildman–Crippen MR) is 82.4 cm³/mol. The standard InChI is InChI=1S/C16H23NO4/c1-16(2,12-18)17(3)10-11-21-14-7-4-13(5-8-14)6-9-15(19)20/h4-9,18H,10-12H2,1-3H3,(H,19,20)/b9-6+. The van der Waals surface area contributed by atoms with Crippen LogP contribution in [0.4, 0.5) is 0 Å². The summed E-state index contributed by atoms with van der Waals surface area (Å²) < 4.78 is 5.63. The molecule has 0 atom stereocenters. The van der Waals surface area contributed by atoms with Crippen LogP contribution in [0.25, 0.3) is 6.08 Å². The molecule has 0 aliphatic rings. The Labute approximate surface area is 125 Å². The maximum absolute atomic E-state index is 10.4. The van der Waals surface area contributed by atoms with E-state index in [0.29, 0.717) is 13.2 Å². The number of aliphatic carboxylic acids is 1. The van der Waals surface area contributed by atoms with E-state index >= 15 is 0 Å². The maximum Gasteiger partial charge on any atom is 0.328 e. The molecule has 0 amide bonds. The second-order valence-electron chi connectivity index (χ2n) is 5.48. The molecule has 0 aliphatic carbocycles. The number of hydrogen-bond acceptors (Lipinski definition) is 4. The van der Waals surface area contributed by atoms with Gasteiger partial charge < -0.3 is 14.9 Å². The van der Waals surface area contributed by atoms with Gasteiger partial charge in [0.05, 0.1) is 6.61 Å². The molecule has 0 bridgehead atoms. The van der Waals surface area contributed by atoms with Gasteiger partial charge in [-0.25, -0.2) is 4.79 Å². The first-order valence-electron chi connectivity index (χ1n) is 6.81. The second kappa shape index (κ2) is 7.81. The number of likely N-dealkylation sites (N-methyl/N-ethyl adjacent to an activating group) is 1. The van der Waals surface area contributed by atoms with Crippen molar-refractivity contribution in [2.24, 2.45) is 0 Å². The van der Waals surface area contributed by atoms with Crippen molar-refractivity contribution in [1.82, 2.24) is 4.90 Å². The predicted octanol–water partition coefficient (Wildman–Crippen LogP) is 1.87. The molecule has 0 heterocycles. The third kappa shape index (κ3) is 5.97. The summed E-state index contributed by atoms with van der Waals surface area (Å²) in [6.45, 7) is 5.25. The molecule has 0 unspecified atom stereocenters. The highest BCUT2D eigenvalue weighted by Crippen LogP contribution is 2.14. The van der Waals surface area contributed by atoms with Gasteiger partial charge in [-0.1, -0.05) is 12.1 Å². The number of aliphatic hydroxyl groups is 1. The number of ether oxygens (including phenoxy) is 1. The number of rotatable bonds is 8. The lowest BCUT2D eigenvalue weighted by molar-refractivity contribution is -0.131. The van der Waals surface area contributed by atoms with E-state index in [1.165, 1.54) is 6.08 Å². The number of aliphatic hydroxyl groups excluding tert-OH is 1. The van der Waals surface area contributed by atoms with Gasteiger partial charge in [0.15, 0.2) is 0 Å². The van der Waals surface area contributed by atoms with Crippen LogP contribution in [0.15, 0.2) is 30.3 Å². The van der Waals surface area contributed by atoms with Crippen molar-refractivity contribution in [3.63, 3.8) is 0 Å². The van der Waals surface area contributed by atoms with Crippen LogP contribution in [0, 0.1) is 0 Å². The largest absolute Gasteiger partial charge is 0.492 e. The van der Waals surface area contributed by atoms with Gasteiger partial charge in [0.2, 0.25) is 0 Å². The number of benzene rings is 1. The highest BCUT2D eigenvalue weighted by molar-refractivity contribution is 5.85. The summed E-state index contributed by atoms with van der Waals surface area (Å²) in [5.41, 5.74) is 0.540. The molecular formula is C16H23NO4. The third-order valence-corrected chi connectivity index (χ3v) is 3.41. The summed E-state index contributed by atoms with van der Waals surface area (Å²) in [5, 5.41) is 17.8. The minimum Gasteiger partial charge on any atom is -0.492 e. The van der Waals surface area contributed by atoms with Crippen LogP contribution in [-0.2, 0) is 4.79 Å². The number of hydrogen-bond donors (Lipinski definition) is 2. The summed E-state index contributed by atoms with van der Waals surface area (Å²) >= 11 is 0. The fourth-order valence-corrected chi connectivity index (χ4v) is 1.57. The smallest absolute Gasteiger partial charge is 0.328 e. The molecule has 5 heteroatoms. The number of carboxylic acids is 1. The summed E-state index contributed by atoms with van der Waals surface area (Å²) in [7, 11) is 1.94. The molecule has 0 saturated carbocycles. The average Bonchev–Trinajstić information content (AvgIpc) is 2.46. The zero-order valence-corrected chi connectivity index (χ0v) is 12.7.